The minimum Gasteiger partial charge on any atom is -0.382 e. The quantitative estimate of drug-likeness (QED) is 0.544. The molecule has 1 aliphatic rings. The first-order valence-corrected chi connectivity index (χ1v) is 7.49. The number of Topliss-reactive ketones (excluding diaryl/α,β-unsaturated/α-hetero) is 1. The lowest BCUT2D eigenvalue weighted by Crippen LogP contribution is -2.42. The molecular weight excluding hydrogens is 256 g/mol. The number of hydrogen-bond donors (Lipinski definition) is 1. The van der Waals surface area contributed by atoms with E-state index >= 15 is 0 Å². The molecule has 1 unspecified atom stereocenters. The van der Waals surface area contributed by atoms with E-state index in [9.17, 15) is 9.59 Å². The van der Waals surface area contributed by atoms with Crippen molar-refractivity contribution in [2.24, 2.45) is 5.92 Å². The van der Waals surface area contributed by atoms with Gasteiger partial charge in [-0.15, -0.1) is 0 Å². The minimum absolute atomic E-state index is 0.128. The second-order valence-electron chi connectivity index (χ2n) is 5.17. The number of rotatable bonds is 8. The number of nitrogens with one attached hydrogen (secondary N) is 1. The van der Waals surface area contributed by atoms with Crippen molar-refractivity contribution < 1.29 is 14.3 Å². The molecule has 0 spiro atoms. The van der Waals surface area contributed by atoms with Crippen LogP contribution < -0.4 is 5.32 Å². The van der Waals surface area contributed by atoms with Gasteiger partial charge in [-0.3, -0.25) is 9.59 Å². The fourth-order valence-electron chi connectivity index (χ4n) is 2.45. The molecule has 0 radical (unpaired) electrons. The lowest BCUT2D eigenvalue weighted by atomic mass is 9.94. The molecule has 0 heterocycles. The van der Waals surface area contributed by atoms with Gasteiger partial charge < -0.3 is 10.1 Å². The Hall–Kier alpha value is -1.41. The summed E-state index contributed by atoms with van der Waals surface area (Å²) in [6.45, 7) is 2.99. The van der Waals surface area contributed by atoms with Crippen LogP contribution >= 0.6 is 0 Å². The van der Waals surface area contributed by atoms with E-state index in [0.717, 1.165) is 25.7 Å². The van der Waals surface area contributed by atoms with Crippen molar-refractivity contribution in [3.05, 3.63) is 0 Å². The topological polar surface area (TPSA) is 79.2 Å². The van der Waals surface area contributed by atoms with Crippen LogP contribution in [0.25, 0.3) is 0 Å². The lowest BCUT2D eigenvalue weighted by Gasteiger charge is -2.23. The number of ether oxygens (including phenoxy) is 1. The normalized spacial score (nSPS) is 17.2. The fourth-order valence-corrected chi connectivity index (χ4v) is 2.45. The van der Waals surface area contributed by atoms with Gasteiger partial charge in [0, 0.05) is 25.7 Å². The Kier molecular flexibility index (Phi) is 7.89. The van der Waals surface area contributed by atoms with Gasteiger partial charge in [0.25, 0.3) is 0 Å². The Morgan fingerprint density at radius 1 is 1.35 bits per heavy atom. The van der Waals surface area contributed by atoms with Gasteiger partial charge in [-0.1, -0.05) is 19.3 Å². The maximum absolute atomic E-state index is 12.0. The van der Waals surface area contributed by atoms with Crippen molar-refractivity contribution in [3.63, 3.8) is 0 Å². The van der Waals surface area contributed by atoms with E-state index in [1.807, 2.05) is 13.0 Å². The Bertz CT molecular complexity index is 357. The van der Waals surface area contributed by atoms with E-state index < -0.39 is 11.8 Å². The summed E-state index contributed by atoms with van der Waals surface area (Å²) in [5, 5.41) is 11.9. The van der Waals surface area contributed by atoms with Gasteiger partial charge in [0.2, 0.25) is 5.91 Å². The molecule has 1 amide bonds. The van der Waals surface area contributed by atoms with Crippen LogP contribution in [0.3, 0.4) is 0 Å². The van der Waals surface area contributed by atoms with Crippen molar-refractivity contribution in [2.75, 3.05) is 13.2 Å². The Labute approximate surface area is 120 Å². The van der Waals surface area contributed by atoms with Gasteiger partial charge in [0.15, 0.2) is 11.7 Å². The molecule has 1 saturated carbocycles. The summed E-state index contributed by atoms with van der Waals surface area (Å²) in [4.78, 5) is 23.9. The molecule has 1 fully saturated rings. The standard InChI is InChI=1S/C15H24N2O3/c1-2-20-10-6-9-14(18)13(11-16)15(19)17-12-7-4-3-5-8-12/h12-13H,2-10H2,1H3,(H,17,19). The summed E-state index contributed by atoms with van der Waals surface area (Å²) in [7, 11) is 0. The van der Waals surface area contributed by atoms with Crippen LogP contribution in [0.2, 0.25) is 0 Å². The number of carbonyl (C=O) groups excluding carboxylic acids is 2. The summed E-state index contributed by atoms with van der Waals surface area (Å²) in [5.74, 6) is -1.90. The van der Waals surface area contributed by atoms with Gasteiger partial charge in [0.05, 0.1) is 6.07 Å². The van der Waals surface area contributed by atoms with E-state index in [4.69, 9.17) is 10.00 Å². The Balaban J connectivity index is 2.37. The summed E-state index contributed by atoms with van der Waals surface area (Å²) in [6.07, 6.45) is 6.07. The van der Waals surface area contributed by atoms with Crippen LogP contribution in [-0.4, -0.2) is 30.9 Å². The SMILES string of the molecule is CCOCCCC(=O)C(C#N)C(=O)NC1CCCCC1. The highest BCUT2D eigenvalue weighted by molar-refractivity contribution is 6.03. The molecule has 1 rings (SSSR count). The number of amides is 1. The van der Waals surface area contributed by atoms with Crippen molar-refractivity contribution in [1.29, 1.82) is 5.26 Å². The predicted molar refractivity (Wildman–Crippen MR) is 74.9 cm³/mol. The number of nitrogens with zero attached hydrogens (tertiary/aromatic N) is 1. The lowest BCUT2D eigenvalue weighted by molar-refractivity contribution is -0.132. The summed E-state index contributed by atoms with van der Waals surface area (Å²) in [5.41, 5.74) is 0. The first kappa shape index (κ1) is 16.6. The largest absolute Gasteiger partial charge is 0.382 e. The highest BCUT2D eigenvalue weighted by Gasteiger charge is 2.27. The smallest absolute Gasteiger partial charge is 0.245 e. The van der Waals surface area contributed by atoms with E-state index in [0.29, 0.717) is 19.6 Å². The zero-order valence-corrected chi connectivity index (χ0v) is 12.2. The number of nitriles is 1. The molecule has 0 aliphatic heterocycles. The third-order valence-corrected chi connectivity index (χ3v) is 3.58. The van der Waals surface area contributed by atoms with Crippen LogP contribution in [0.5, 0.6) is 0 Å². The van der Waals surface area contributed by atoms with Gasteiger partial charge in [0.1, 0.15) is 0 Å². The van der Waals surface area contributed by atoms with E-state index in [2.05, 4.69) is 5.32 Å². The van der Waals surface area contributed by atoms with Crippen molar-refractivity contribution >= 4 is 11.7 Å². The molecule has 5 heteroatoms. The zero-order valence-electron chi connectivity index (χ0n) is 12.2. The average molecular weight is 280 g/mol. The predicted octanol–water partition coefficient (Wildman–Crippen LogP) is 1.96. The van der Waals surface area contributed by atoms with E-state index in [-0.39, 0.29) is 18.2 Å². The van der Waals surface area contributed by atoms with E-state index in [1.54, 1.807) is 0 Å². The molecule has 0 aromatic carbocycles. The minimum atomic E-state index is -1.17. The number of hydrogen-bond acceptors (Lipinski definition) is 4. The summed E-state index contributed by atoms with van der Waals surface area (Å²) < 4.78 is 5.14. The van der Waals surface area contributed by atoms with Gasteiger partial charge in [-0.05, 0) is 26.2 Å². The van der Waals surface area contributed by atoms with Crippen LogP contribution in [0, 0.1) is 17.2 Å². The van der Waals surface area contributed by atoms with Crippen LogP contribution in [-0.2, 0) is 14.3 Å². The molecule has 1 N–H and O–H groups in total. The van der Waals surface area contributed by atoms with Crippen molar-refractivity contribution in [3.8, 4) is 6.07 Å². The summed E-state index contributed by atoms with van der Waals surface area (Å²) >= 11 is 0. The Morgan fingerprint density at radius 2 is 2.05 bits per heavy atom. The maximum atomic E-state index is 12.0. The highest BCUT2D eigenvalue weighted by Crippen LogP contribution is 2.18. The van der Waals surface area contributed by atoms with Crippen LogP contribution in [0.1, 0.15) is 51.9 Å². The van der Waals surface area contributed by atoms with E-state index in [1.165, 1.54) is 6.42 Å². The third-order valence-electron chi connectivity index (χ3n) is 3.58. The molecule has 20 heavy (non-hydrogen) atoms. The average Bonchev–Trinajstić information content (AvgIpc) is 2.45. The van der Waals surface area contributed by atoms with Crippen molar-refractivity contribution in [1.82, 2.24) is 5.32 Å². The third kappa shape index (κ3) is 5.70. The Morgan fingerprint density at radius 3 is 2.65 bits per heavy atom. The second-order valence-corrected chi connectivity index (χ2v) is 5.17. The number of carbonyl (C=O) groups is 2. The first-order chi connectivity index (χ1) is 9.69. The first-order valence-electron chi connectivity index (χ1n) is 7.49. The molecule has 112 valence electrons. The molecule has 1 aliphatic carbocycles. The fraction of sp³-hybridized carbons (Fsp3) is 0.800. The maximum Gasteiger partial charge on any atom is 0.245 e. The molecule has 5 nitrogen and oxygen atoms in total. The number of ketones is 1. The van der Waals surface area contributed by atoms with Gasteiger partial charge in [-0.25, -0.2) is 0 Å². The van der Waals surface area contributed by atoms with Gasteiger partial charge in [-0.2, -0.15) is 5.26 Å². The highest BCUT2D eigenvalue weighted by atomic mass is 16.5. The van der Waals surface area contributed by atoms with Crippen molar-refractivity contribution in [2.45, 2.75) is 57.9 Å². The monoisotopic (exact) mass is 280 g/mol. The molecule has 1 atom stereocenters. The molecule has 0 bridgehead atoms. The summed E-state index contributed by atoms with van der Waals surface area (Å²) in [6, 6.07) is 1.96. The molecular formula is C15H24N2O3. The molecule has 0 saturated heterocycles. The second kappa shape index (κ2) is 9.49. The molecule has 0 aromatic heterocycles. The van der Waals surface area contributed by atoms with Gasteiger partial charge >= 0.3 is 0 Å². The van der Waals surface area contributed by atoms with Crippen LogP contribution in [0.4, 0.5) is 0 Å². The zero-order chi connectivity index (χ0) is 14.8. The molecule has 0 aromatic rings. The van der Waals surface area contributed by atoms with Crippen LogP contribution in [0.15, 0.2) is 0 Å².